The molecule has 0 N–H and O–H groups in total. The maximum Gasteiger partial charge on any atom is 0.508 e. The van der Waals surface area contributed by atoms with Crippen LogP contribution in [0.25, 0.3) is 0 Å². The largest absolute Gasteiger partial charge is 0.508 e. The van der Waals surface area contributed by atoms with Crippen LogP contribution in [-0.4, -0.2) is 42.3 Å². The van der Waals surface area contributed by atoms with Gasteiger partial charge >= 0.3 is 6.16 Å². The van der Waals surface area contributed by atoms with Crippen molar-refractivity contribution in [2.75, 3.05) is 26.3 Å². The highest BCUT2D eigenvalue weighted by Crippen LogP contribution is 2.00. The second kappa shape index (κ2) is 12.1. The fourth-order valence-electron chi connectivity index (χ4n) is 1.39. The molecule has 0 atom stereocenters. The van der Waals surface area contributed by atoms with Gasteiger partial charge < -0.3 is 9.47 Å². The van der Waals surface area contributed by atoms with Gasteiger partial charge in [0.25, 0.3) is 0 Å². The summed E-state index contributed by atoms with van der Waals surface area (Å²) in [6, 6.07) is 0. The van der Waals surface area contributed by atoms with Gasteiger partial charge in [0.1, 0.15) is 0 Å². The Morgan fingerprint density at radius 1 is 0.750 bits per heavy atom. The van der Waals surface area contributed by atoms with E-state index < -0.39 is 6.16 Å². The molecule has 0 bridgehead atoms. The number of hydrogen-bond donors (Lipinski definition) is 0. The fraction of sp³-hybridized carbons (Fsp3) is 0.909. The summed E-state index contributed by atoms with van der Waals surface area (Å²) < 4.78 is 9.51. The number of rotatable bonds is 12. The van der Waals surface area contributed by atoms with Crippen molar-refractivity contribution >= 4 is 6.16 Å². The summed E-state index contributed by atoms with van der Waals surface area (Å²) >= 11 is 0. The van der Waals surface area contributed by atoms with Gasteiger partial charge in [-0.3, -0.25) is 20.2 Å². The van der Waals surface area contributed by atoms with Crippen molar-refractivity contribution in [3.05, 3.63) is 20.2 Å². The van der Waals surface area contributed by atoms with Crippen LogP contribution >= 0.6 is 0 Å². The highest BCUT2D eigenvalue weighted by atomic mass is 16.7. The Kier molecular flexibility index (Phi) is 11.0. The summed E-state index contributed by atoms with van der Waals surface area (Å²) in [6.07, 6.45) is 2.51. The first-order chi connectivity index (χ1) is 9.52. The third kappa shape index (κ3) is 14.1. The lowest BCUT2D eigenvalue weighted by Gasteiger charge is -2.05. The van der Waals surface area contributed by atoms with E-state index in [0.717, 1.165) is 0 Å². The van der Waals surface area contributed by atoms with E-state index in [4.69, 9.17) is 9.47 Å². The Morgan fingerprint density at radius 2 is 1.15 bits per heavy atom. The molecular weight excluding hydrogens is 272 g/mol. The van der Waals surface area contributed by atoms with Crippen molar-refractivity contribution in [1.29, 1.82) is 0 Å². The van der Waals surface area contributed by atoms with Gasteiger partial charge in [0.2, 0.25) is 13.1 Å². The lowest BCUT2D eigenvalue weighted by molar-refractivity contribution is -0.480. The Balaban J connectivity index is 3.24. The van der Waals surface area contributed by atoms with E-state index in [9.17, 15) is 25.0 Å². The summed E-state index contributed by atoms with van der Waals surface area (Å²) in [5.74, 6) is 0. The zero-order chi connectivity index (χ0) is 15.2. The molecule has 0 aliphatic rings. The average molecular weight is 292 g/mol. The topological polar surface area (TPSA) is 122 Å². The average Bonchev–Trinajstić information content (AvgIpc) is 2.37. The third-order valence-corrected chi connectivity index (χ3v) is 2.41. The number of ether oxygens (including phenoxy) is 2. The van der Waals surface area contributed by atoms with Crippen LogP contribution in [0.4, 0.5) is 4.79 Å². The smallest absolute Gasteiger partial charge is 0.434 e. The maximum atomic E-state index is 11.1. The molecule has 0 rings (SSSR count). The van der Waals surface area contributed by atoms with E-state index in [0.29, 0.717) is 38.5 Å². The minimum Gasteiger partial charge on any atom is -0.434 e. The normalized spacial score (nSPS) is 10.0. The third-order valence-electron chi connectivity index (χ3n) is 2.41. The molecule has 0 spiro atoms. The van der Waals surface area contributed by atoms with Gasteiger partial charge in [-0.05, 0) is 25.7 Å². The minimum absolute atomic E-state index is 0.0748. The first-order valence-electron chi connectivity index (χ1n) is 6.55. The number of nitrogens with zero attached hydrogens (tertiary/aromatic N) is 2. The standard InChI is InChI=1S/C11H20N2O7/c14-11(19-9-5-1-3-7-12(15)16)20-10-6-2-4-8-13(17)18/h1-10H2. The molecule has 20 heavy (non-hydrogen) atoms. The number of nitro groups is 2. The van der Waals surface area contributed by atoms with E-state index in [2.05, 4.69) is 0 Å². The number of unbranched alkanes of at least 4 members (excludes halogenated alkanes) is 4. The lowest BCUT2D eigenvalue weighted by atomic mass is 10.2. The van der Waals surface area contributed by atoms with Crippen LogP contribution in [0.15, 0.2) is 0 Å². The quantitative estimate of drug-likeness (QED) is 0.233. The molecular formula is C11H20N2O7. The summed E-state index contributed by atoms with van der Waals surface area (Å²) in [5, 5.41) is 20.1. The molecule has 0 radical (unpaired) electrons. The summed E-state index contributed by atoms with van der Waals surface area (Å²) in [5.41, 5.74) is 0. The molecule has 0 saturated carbocycles. The molecule has 9 heteroatoms. The Bertz CT molecular complexity index is 281. The number of hydrogen-bond acceptors (Lipinski definition) is 7. The molecule has 9 nitrogen and oxygen atoms in total. The predicted octanol–water partition coefficient (Wildman–Crippen LogP) is 2.03. The van der Waals surface area contributed by atoms with E-state index in [1.54, 1.807) is 0 Å². The second-order valence-electron chi connectivity index (χ2n) is 4.18. The lowest BCUT2D eigenvalue weighted by Crippen LogP contribution is -2.10. The number of carbonyl (C=O) groups is 1. The molecule has 0 fully saturated rings. The predicted molar refractivity (Wildman–Crippen MR) is 68.7 cm³/mol. The highest BCUT2D eigenvalue weighted by Gasteiger charge is 2.04. The molecule has 0 aliphatic carbocycles. The van der Waals surface area contributed by atoms with E-state index in [-0.39, 0.29) is 36.1 Å². The van der Waals surface area contributed by atoms with Crippen LogP contribution in [0.2, 0.25) is 0 Å². The fourth-order valence-corrected chi connectivity index (χ4v) is 1.39. The molecule has 0 unspecified atom stereocenters. The van der Waals surface area contributed by atoms with E-state index in [1.165, 1.54) is 0 Å². The van der Waals surface area contributed by atoms with Crippen LogP contribution in [-0.2, 0) is 9.47 Å². The molecule has 0 aliphatic heterocycles. The first-order valence-corrected chi connectivity index (χ1v) is 6.55. The maximum absolute atomic E-state index is 11.1. The van der Waals surface area contributed by atoms with E-state index in [1.807, 2.05) is 0 Å². The first kappa shape index (κ1) is 18.1. The van der Waals surface area contributed by atoms with Gasteiger partial charge in [0.15, 0.2) is 0 Å². The van der Waals surface area contributed by atoms with Crippen molar-refractivity contribution in [3.63, 3.8) is 0 Å². The van der Waals surface area contributed by atoms with E-state index >= 15 is 0 Å². The van der Waals surface area contributed by atoms with Gasteiger partial charge in [0, 0.05) is 22.7 Å². The van der Waals surface area contributed by atoms with Crippen molar-refractivity contribution < 1.29 is 24.1 Å². The second-order valence-corrected chi connectivity index (χ2v) is 4.18. The molecule has 0 aromatic heterocycles. The molecule has 0 aromatic carbocycles. The molecule has 0 saturated heterocycles. The molecule has 0 aromatic rings. The summed E-state index contributed by atoms with van der Waals surface area (Å²) in [4.78, 5) is 30.4. The summed E-state index contributed by atoms with van der Waals surface area (Å²) in [7, 11) is 0. The monoisotopic (exact) mass is 292 g/mol. The van der Waals surface area contributed by atoms with Gasteiger partial charge in [-0.1, -0.05) is 0 Å². The van der Waals surface area contributed by atoms with Crippen molar-refractivity contribution in [2.45, 2.75) is 38.5 Å². The van der Waals surface area contributed by atoms with Gasteiger partial charge in [-0.2, -0.15) is 0 Å². The van der Waals surface area contributed by atoms with Crippen LogP contribution < -0.4 is 0 Å². The van der Waals surface area contributed by atoms with Gasteiger partial charge in [-0.15, -0.1) is 0 Å². The molecule has 116 valence electrons. The van der Waals surface area contributed by atoms with Crippen LogP contribution in [0.5, 0.6) is 0 Å². The Morgan fingerprint density at radius 3 is 1.50 bits per heavy atom. The van der Waals surface area contributed by atoms with Crippen molar-refractivity contribution in [2.24, 2.45) is 0 Å². The molecule has 0 amide bonds. The minimum atomic E-state index is -0.770. The van der Waals surface area contributed by atoms with Gasteiger partial charge in [0.05, 0.1) is 13.2 Å². The zero-order valence-electron chi connectivity index (χ0n) is 11.3. The molecule has 0 heterocycles. The van der Waals surface area contributed by atoms with Crippen LogP contribution in [0.3, 0.4) is 0 Å². The van der Waals surface area contributed by atoms with Crippen molar-refractivity contribution in [1.82, 2.24) is 0 Å². The highest BCUT2D eigenvalue weighted by molar-refractivity contribution is 5.59. The summed E-state index contributed by atoms with van der Waals surface area (Å²) in [6.45, 7) is 0.207. The van der Waals surface area contributed by atoms with Crippen molar-refractivity contribution in [3.8, 4) is 0 Å². The van der Waals surface area contributed by atoms with Crippen LogP contribution in [0.1, 0.15) is 38.5 Å². The SMILES string of the molecule is O=C(OCCCCC[N+](=O)[O-])OCCCCC[N+](=O)[O-]. The Hall–Kier alpha value is -1.93. The Labute approximate surface area is 116 Å². The van der Waals surface area contributed by atoms with Gasteiger partial charge in [-0.25, -0.2) is 4.79 Å². The number of carbonyl (C=O) groups excluding carboxylic acids is 1. The van der Waals surface area contributed by atoms with Crippen LogP contribution in [0, 0.1) is 20.2 Å². The zero-order valence-corrected chi connectivity index (χ0v) is 11.3.